The largest absolute Gasteiger partial charge is 0.326 e. The summed E-state index contributed by atoms with van der Waals surface area (Å²) in [6.07, 6.45) is 0. The molecule has 0 spiro atoms. The summed E-state index contributed by atoms with van der Waals surface area (Å²) >= 11 is 0. The first-order valence-corrected chi connectivity index (χ1v) is 7.00. The van der Waals surface area contributed by atoms with Gasteiger partial charge in [0.25, 0.3) is 0 Å². The highest BCUT2D eigenvalue weighted by atomic mass is 19.1. The van der Waals surface area contributed by atoms with E-state index in [1.54, 1.807) is 6.07 Å². The van der Waals surface area contributed by atoms with Gasteiger partial charge in [0, 0.05) is 31.6 Å². The van der Waals surface area contributed by atoms with Crippen molar-refractivity contribution in [2.45, 2.75) is 18.5 Å². The molecule has 0 amide bonds. The summed E-state index contributed by atoms with van der Waals surface area (Å²) in [7, 11) is 0. The van der Waals surface area contributed by atoms with Gasteiger partial charge in [-0.15, -0.1) is 0 Å². The van der Waals surface area contributed by atoms with Gasteiger partial charge in [-0.2, -0.15) is 0 Å². The number of nitrogens with two attached hydrogens (primary N) is 1. The monoisotopic (exact) mass is 270 g/mol. The predicted octanol–water partition coefficient (Wildman–Crippen LogP) is 2.75. The average molecular weight is 270 g/mol. The average Bonchev–Trinajstić information content (AvgIpc) is 2.81. The maximum Gasteiger partial charge on any atom is 0.126 e. The fraction of sp³-hybridized carbons (Fsp3) is 0.294. The fourth-order valence-electron chi connectivity index (χ4n) is 2.99. The van der Waals surface area contributed by atoms with E-state index in [0.717, 1.165) is 25.2 Å². The van der Waals surface area contributed by atoms with Crippen LogP contribution in [0.15, 0.2) is 54.6 Å². The van der Waals surface area contributed by atoms with Crippen LogP contribution in [0.5, 0.6) is 0 Å². The van der Waals surface area contributed by atoms with E-state index in [1.807, 2.05) is 30.3 Å². The molecular weight excluding hydrogens is 251 g/mol. The minimum atomic E-state index is -0.144. The van der Waals surface area contributed by atoms with Crippen molar-refractivity contribution in [3.8, 4) is 0 Å². The van der Waals surface area contributed by atoms with E-state index in [2.05, 4.69) is 17.0 Å². The topological polar surface area (TPSA) is 29.3 Å². The molecule has 2 atom stereocenters. The number of hydrogen-bond donors (Lipinski definition) is 1. The first-order chi connectivity index (χ1) is 9.74. The lowest BCUT2D eigenvalue weighted by atomic mass is 9.94. The standard InChI is InChI=1S/C17H19FN2/c18-16-9-5-4-8-14(16)15-11-20(12-17(15)19)10-13-6-2-1-3-7-13/h1-9,15,17H,10-12,19H2. The second kappa shape index (κ2) is 5.73. The van der Waals surface area contributed by atoms with Crippen molar-refractivity contribution in [2.75, 3.05) is 13.1 Å². The molecule has 3 rings (SSSR count). The maximum atomic E-state index is 13.9. The van der Waals surface area contributed by atoms with E-state index < -0.39 is 0 Å². The van der Waals surface area contributed by atoms with Gasteiger partial charge >= 0.3 is 0 Å². The van der Waals surface area contributed by atoms with Crippen molar-refractivity contribution >= 4 is 0 Å². The van der Waals surface area contributed by atoms with E-state index >= 15 is 0 Å². The second-order valence-corrected chi connectivity index (χ2v) is 5.47. The SMILES string of the molecule is NC1CN(Cc2ccccc2)CC1c1ccccc1F. The summed E-state index contributed by atoms with van der Waals surface area (Å²) in [6.45, 7) is 2.50. The van der Waals surface area contributed by atoms with E-state index in [0.29, 0.717) is 0 Å². The van der Waals surface area contributed by atoms with Gasteiger partial charge in [0.2, 0.25) is 0 Å². The Balaban J connectivity index is 1.73. The Hall–Kier alpha value is -1.71. The quantitative estimate of drug-likeness (QED) is 0.929. The molecule has 1 saturated heterocycles. The van der Waals surface area contributed by atoms with Crippen LogP contribution in [0.4, 0.5) is 4.39 Å². The van der Waals surface area contributed by atoms with Crippen molar-refractivity contribution in [3.63, 3.8) is 0 Å². The highest BCUT2D eigenvalue weighted by Crippen LogP contribution is 2.29. The van der Waals surface area contributed by atoms with E-state index in [9.17, 15) is 4.39 Å². The summed E-state index contributed by atoms with van der Waals surface area (Å²) in [5.74, 6) is -0.0607. The zero-order valence-corrected chi connectivity index (χ0v) is 11.4. The summed E-state index contributed by atoms with van der Waals surface area (Å²) < 4.78 is 13.9. The Morgan fingerprint density at radius 1 is 1.00 bits per heavy atom. The van der Waals surface area contributed by atoms with E-state index in [4.69, 9.17) is 5.73 Å². The van der Waals surface area contributed by atoms with Crippen LogP contribution in [0.3, 0.4) is 0 Å². The molecule has 3 heteroatoms. The molecule has 2 unspecified atom stereocenters. The van der Waals surface area contributed by atoms with Crippen molar-refractivity contribution in [1.29, 1.82) is 0 Å². The molecule has 0 aliphatic carbocycles. The van der Waals surface area contributed by atoms with Crippen LogP contribution in [0, 0.1) is 5.82 Å². The van der Waals surface area contributed by atoms with Gasteiger partial charge in [0.15, 0.2) is 0 Å². The van der Waals surface area contributed by atoms with Crippen LogP contribution in [-0.4, -0.2) is 24.0 Å². The normalized spacial score (nSPS) is 23.1. The Morgan fingerprint density at radius 3 is 2.45 bits per heavy atom. The molecule has 2 aromatic rings. The number of nitrogens with zero attached hydrogens (tertiary/aromatic N) is 1. The Labute approximate surface area is 119 Å². The van der Waals surface area contributed by atoms with Gasteiger partial charge in [-0.25, -0.2) is 4.39 Å². The van der Waals surface area contributed by atoms with Gasteiger partial charge in [-0.05, 0) is 17.2 Å². The second-order valence-electron chi connectivity index (χ2n) is 5.47. The molecule has 104 valence electrons. The molecule has 2 nitrogen and oxygen atoms in total. The molecule has 1 aliphatic rings. The van der Waals surface area contributed by atoms with Crippen LogP contribution in [-0.2, 0) is 6.54 Å². The third-order valence-corrected chi connectivity index (χ3v) is 3.99. The molecule has 0 radical (unpaired) electrons. The van der Waals surface area contributed by atoms with Crippen molar-refractivity contribution in [2.24, 2.45) is 5.73 Å². The molecule has 2 aromatic carbocycles. The first kappa shape index (κ1) is 13.3. The first-order valence-electron chi connectivity index (χ1n) is 7.00. The maximum absolute atomic E-state index is 13.9. The summed E-state index contributed by atoms with van der Waals surface area (Å²) in [6, 6.07) is 17.3. The van der Waals surface area contributed by atoms with Gasteiger partial charge in [-0.1, -0.05) is 48.5 Å². The Bertz CT molecular complexity index is 570. The summed E-state index contributed by atoms with van der Waals surface area (Å²) in [5, 5.41) is 0. The molecule has 0 aromatic heterocycles. The third-order valence-electron chi connectivity index (χ3n) is 3.99. The van der Waals surface area contributed by atoms with Gasteiger partial charge in [0.05, 0.1) is 0 Å². The summed E-state index contributed by atoms with van der Waals surface area (Å²) in [5.41, 5.74) is 8.23. The molecule has 2 N–H and O–H groups in total. The molecule has 20 heavy (non-hydrogen) atoms. The van der Waals surface area contributed by atoms with Crippen molar-refractivity contribution in [1.82, 2.24) is 4.90 Å². The number of likely N-dealkylation sites (tertiary alicyclic amines) is 1. The molecule has 0 bridgehead atoms. The van der Waals surface area contributed by atoms with Crippen molar-refractivity contribution < 1.29 is 4.39 Å². The minimum Gasteiger partial charge on any atom is -0.326 e. The lowest BCUT2D eigenvalue weighted by Crippen LogP contribution is -2.29. The molecular formula is C17H19FN2. The van der Waals surface area contributed by atoms with Crippen LogP contribution in [0.1, 0.15) is 17.0 Å². The highest BCUT2D eigenvalue weighted by Gasteiger charge is 2.32. The zero-order chi connectivity index (χ0) is 13.9. The lowest BCUT2D eigenvalue weighted by Gasteiger charge is -2.16. The Morgan fingerprint density at radius 2 is 1.70 bits per heavy atom. The molecule has 0 saturated carbocycles. The Kier molecular flexibility index (Phi) is 3.81. The number of benzene rings is 2. The van der Waals surface area contributed by atoms with Crippen LogP contribution in [0.2, 0.25) is 0 Å². The van der Waals surface area contributed by atoms with E-state index in [1.165, 1.54) is 11.6 Å². The molecule has 1 heterocycles. The van der Waals surface area contributed by atoms with Gasteiger partial charge in [-0.3, -0.25) is 4.90 Å². The minimum absolute atomic E-state index is 0.00406. The zero-order valence-electron chi connectivity index (χ0n) is 11.4. The fourth-order valence-corrected chi connectivity index (χ4v) is 2.99. The van der Waals surface area contributed by atoms with Crippen LogP contribution >= 0.6 is 0 Å². The van der Waals surface area contributed by atoms with E-state index in [-0.39, 0.29) is 17.8 Å². The lowest BCUT2D eigenvalue weighted by molar-refractivity contribution is 0.323. The molecule has 1 fully saturated rings. The number of rotatable bonds is 3. The third kappa shape index (κ3) is 2.74. The molecule has 1 aliphatic heterocycles. The van der Waals surface area contributed by atoms with Crippen LogP contribution < -0.4 is 5.73 Å². The summed E-state index contributed by atoms with van der Waals surface area (Å²) in [4.78, 5) is 2.30. The predicted molar refractivity (Wildman–Crippen MR) is 78.8 cm³/mol. The number of halogens is 1. The smallest absolute Gasteiger partial charge is 0.126 e. The number of hydrogen-bond acceptors (Lipinski definition) is 2. The highest BCUT2D eigenvalue weighted by molar-refractivity contribution is 5.26. The van der Waals surface area contributed by atoms with Crippen molar-refractivity contribution in [3.05, 3.63) is 71.5 Å². The van der Waals surface area contributed by atoms with Gasteiger partial charge < -0.3 is 5.73 Å². The van der Waals surface area contributed by atoms with Crippen LogP contribution in [0.25, 0.3) is 0 Å². The van der Waals surface area contributed by atoms with Gasteiger partial charge in [0.1, 0.15) is 5.82 Å².